The second-order valence-electron chi connectivity index (χ2n) is 9.67. The largest absolute Gasteiger partial charge is 0.353 e. The van der Waals surface area contributed by atoms with E-state index in [1.165, 1.54) is 0 Å². The van der Waals surface area contributed by atoms with Crippen LogP contribution in [0.3, 0.4) is 0 Å². The topological polar surface area (TPSA) is 69.7 Å². The molecule has 1 aliphatic heterocycles. The van der Waals surface area contributed by atoms with Gasteiger partial charge in [0, 0.05) is 53.7 Å². The van der Waals surface area contributed by atoms with E-state index in [0.29, 0.717) is 35.4 Å². The van der Waals surface area contributed by atoms with Crippen molar-refractivity contribution in [2.75, 3.05) is 33.7 Å². The van der Waals surface area contributed by atoms with Crippen molar-refractivity contribution in [3.8, 4) is 0 Å². The van der Waals surface area contributed by atoms with Gasteiger partial charge in [-0.25, -0.2) is 0 Å². The van der Waals surface area contributed by atoms with Crippen molar-refractivity contribution in [3.05, 3.63) is 131 Å². The Kier molecular flexibility index (Phi) is 8.66. The lowest BCUT2D eigenvalue weighted by Gasteiger charge is -2.32. The quantitative estimate of drug-likeness (QED) is 0.406. The maximum absolute atomic E-state index is 13.9. The molecule has 1 aliphatic rings. The monoisotopic (exact) mass is 507 g/mol. The first-order valence-electron chi connectivity index (χ1n) is 12.7. The highest BCUT2D eigenvalue weighted by atomic mass is 16.2. The average molecular weight is 508 g/mol. The van der Waals surface area contributed by atoms with Gasteiger partial charge in [-0.3, -0.25) is 14.4 Å². The lowest BCUT2D eigenvalue weighted by Crippen LogP contribution is -2.38. The molecule has 6 nitrogen and oxygen atoms in total. The normalized spacial score (nSPS) is 13.6. The van der Waals surface area contributed by atoms with Gasteiger partial charge in [-0.1, -0.05) is 84.9 Å². The molecule has 0 spiro atoms. The molecule has 38 heavy (non-hydrogen) atoms. The molecule has 1 heterocycles. The number of benzene rings is 3. The molecule has 0 saturated carbocycles. The smallest absolute Gasteiger partial charge is 0.239 e. The Bertz CT molecular complexity index is 1290. The van der Waals surface area contributed by atoms with Gasteiger partial charge >= 0.3 is 0 Å². The van der Waals surface area contributed by atoms with Crippen molar-refractivity contribution in [2.45, 2.75) is 12.8 Å². The van der Waals surface area contributed by atoms with Crippen LogP contribution in [0.1, 0.15) is 37.8 Å². The zero-order chi connectivity index (χ0) is 27.1. The van der Waals surface area contributed by atoms with Crippen LogP contribution in [0.25, 0.3) is 0 Å². The number of nitrogens with one attached hydrogen (secondary N) is 1. The molecule has 1 N–H and O–H groups in total. The van der Waals surface area contributed by atoms with Crippen LogP contribution in [0.5, 0.6) is 0 Å². The van der Waals surface area contributed by atoms with Crippen LogP contribution in [0, 0.1) is 6.92 Å². The number of aryl methyl sites for hydroxylation is 1. The Morgan fingerprint density at radius 3 is 1.76 bits per heavy atom. The lowest BCUT2D eigenvalue weighted by atomic mass is 9.76. The number of hydrogen-bond donors (Lipinski definition) is 1. The summed E-state index contributed by atoms with van der Waals surface area (Å²) in [6, 6.07) is 25.9. The standard InChI is InChI=1S/C32H33N3O3/c1-23-12-10-11-17-26(23)30-27(31(37)24-13-6-4-7-14-24)20-35(22-29(36)33-18-19-34(2)3)21-28(30)32(38)25-15-8-5-9-16-25/h4-17,20-21,30H,18-19,22H2,1-3H3,(H,33,36). The van der Waals surface area contributed by atoms with Gasteiger partial charge in [-0.2, -0.15) is 0 Å². The van der Waals surface area contributed by atoms with E-state index >= 15 is 0 Å². The third-order valence-electron chi connectivity index (χ3n) is 6.53. The number of likely N-dealkylation sites (N-methyl/N-ethyl adjacent to an activating group) is 1. The number of carbonyl (C=O) groups excluding carboxylic acids is 3. The van der Waals surface area contributed by atoms with Gasteiger partial charge in [0.25, 0.3) is 0 Å². The maximum atomic E-state index is 13.9. The molecule has 0 atom stereocenters. The number of carbonyl (C=O) groups is 3. The average Bonchev–Trinajstić information content (AvgIpc) is 2.93. The molecule has 0 unspecified atom stereocenters. The first kappa shape index (κ1) is 26.8. The molecule has 0 aromatic heterocycles. The molecule has 0 saturated heterocycles. The van der Waals surface area contributed by atoms with Crippen LogP contribution in [-0.4, -0.2) is 61.0 Å². The zero-order valence-corrected chi connectivity index (χ0v) is 22.1. The Hall–Kier alpha value is -4.29. The van der Waals surface area contributed by atoms with Crippen molar-refractivity contribution in [1.82, 2.24) is 15.1 Å². The highest BCUT2D eigenvalue weighted by molar-refractivity contribution is 6.15. The summed E-state index contributed by atoms with van der Waals surface area (Å²) < 4.78 is 0. The van der Waals surface area contributed by atoms with E-state index in [1.54, 1.807) is 41.6 Å². The van der Waals surface area contributed by atoms with Crippen LogP contribution in [0.4, 0.5) is 0 Å². The van der Waals surface area contributed by atoms with Crippen LogP contribution in [-0.2, 0) is 4.79 Å². The molecule has 3 aromatic carbocycles. The summed E-state index contributed by atoms with van der Waals surface area (Å²) in [5.41, 5.74) is 3.82. The Morgan fingerprint density at radius 2 is 1.26 bits per heavy atom. The molecule has 6 heteroatoms. The minimum absolute atomic E-state index is 0.00887. The summed E-state index contributed by atoms with van der Waals surface area (Å²) in [6.07, 6.45) is 3.44. The molecule has 4 rings (SSSR count). The second kappa shape index (κ2) is 12.3. The Morgan fingerprint density at radius 1 is 0.763 bits per heavy atom. The summed E-state index contributed by atoms with van der Waals surface area (Å²) in [7, 11) is 3.88. The van der Waals surface area contributed by atoms with Crippen LogP contribution >= 0.6 is 0 Å². The first-order chi connectivity index (χ1) is 18.3. The molecular formula is C32H33N3O3. The Labute approximate surface area is 224 Å². The SMILES string of the molecule is Cc1ccccc1C1C(C(=O)c2ccccc2)=CN(CC(=O)NCCN(C)C)C=C1C(=O)c1ccccc1. The van der Waals surface area contributed by atoms with E-state index in [1.807, 2.05) is 86.6 Å². The lowest BCUT2D eigenvalue weighted by molar-refractivity contribution is -0.121. The number of rotatable bonds is 10. The summed E-state index contributed by atoms with van der Waals surface area (Å²) in [5.74, 6) is -1.12. The second-order valence-corrected chi connectivity index (χ2v) is 9.67. The van der Waals surface area contributed by atoms with Crippen LogP contribution in [0.15, 0.2) is 108 Å². The van der Waals surface area contributed by atoms with Crippen LogP contribution < -0.4 is 5.32 Å². The fourth-order valence-corrected chi connectivity index (χ4v) is 4.58. The molecule has 0 bridgehead atoms. The van der Waals surface area contributed by atoms with Gasteiger partial charge in [0.15, 0.2) is 11.6 Å². The minimum Gasteiger partial charge on any atom is -0.353 e. The molecular weight excluding hydrogens is 474 g/mol. The number of amides is 1. The minimum atomic E-state index is -0.579. The van der Waals surface area contributed by atoms with Gasteiger partial charge in [-0.05, 0) is 32.1 Å². The predicted molar refractivity (Wildman–Crippen MR) is 150 cm³/mol. The van der Waals surface area contributed by atoms with E-state index in [-0.39, 0.29) is 24.0 Å². The van der Waals surface area contributed by atoms with Crippen molar-refractivity contribution in [1.29, 1.82) is 0 Å². The molecule has 3 aromatic rings. The third-order valence-corrected chi connectivity index (χ3v) is 6.53. The van der Waals surface area contributed by atoms with E-state index in [9.17, 15) is 14.4 Å². The number of ketones is 2. The number of nitrogens with zero attached hydrogens (tertiary/aromatic N) is 2. The van der Waals surface area contributed by atoms with Crippen molar-refractivity contribution >= 4 is 17.5 Å². The summed E-state index contributed by atoms with van der Waals surface area (Å²) in [6.45, 7) is 3.19. The fraction of sp³-hybridized carbons (Fsp3) is 0.219. The zero-order valence-electron chi connectivity index (χ0n) is 22.1. The van der Waals surface area contributed by atoms with E-state index in [2.05, 4.69) is 5.32 Å². The van der Waals surface area contributed by atoms with Crippen molar-refractivity contribution in [2.24, 2.45) is 0 Å². The van der Waals surface area contributed by atoms with Gasteiger partial charge < -0.3 is 15.1 Å². The summed E-state index contributed by atoms with van der Waals surface area (Å²) >= 11 is 0. The summed E-state index contributed by atoms with van der Waals surface area (Å²) in [4.78, 5) is 44.3. The van der Waals surface area contributed by atoms with E-state index in [4.69, 9.17) is 0 Å². The van der Waals surface area contributed by atoms with Gasteiger partial charge in [0.1, 0.15) is 6.54 Å². The number of allylic oxidation sites excluding steroid dienone is 2. The van der Waals surface area contributed by atoms with E-state index in [0.717, 1.165) is 11.1 Å². The van der Waals surface area contributed by atoms with E-state index < -0.39 is 5.92 Å². The Balaban J connectivity index is 1.80. The summed E-state index contributed by atoms with van der Waals surface area (Å²) in [5, 5.41) is 2.91. The van der Waals surface area contributed by atoms with Crippen molar-refractivity contribution < 1.29 is 14.4 Å². The third kappa shape index (κ3) is 6.33. The molecule has 0 aliphatic carbocycles. The fourth-order valence-electron chi connectivity index (χ4n) is 4.58. The molecule has 194 valence electrons. The highest BCUT2D eigenvalue weighted by Gasteiger charge is 2.35. The first-order valence-corrected chi connectivity index (χ1v) is 12.7. The molecule has 0 radical (unpaired) electrons. The van der Waals surface area contributed by atoms with Gasteiger partial charge in [-0.15, -0.1) is 0 Å². The maximum Gasteiger partial charge on any atom is 0.239 e. The molecule has 0 fully saturated rings. The van der Waals surface area contributed by atoms with Crippen LogP contribution in [0.2, 0.25) is 0 Å². The van der Waals surface area contributed by atoms with Gasteiger partial charge in [0.05, 0.1) is 0 Å². The number of hydrogen-bond acceptors (Lipinski definition) is 5. The highest BCUT2D eigenvalue weighted by Crippen LogP contribution is 2.40. The predicted octanol–water partition coefficient (Wildman–Crippen LogP) is 4.61. The van der Waals surface area contributed by atoms with Gasteiger partial charge in [0.2, 0.25) is 5.91 Å². The number of Topliss-reactive ketones (excluding diaryl/α,β-unsaturated/α-hetero) is 2. The van der Waals surface area contributed by atoms with Crippen molar-refractivity contribution in [3.63, 3.8) is 0 Å². The molecule has 1 amide bonds.